The van der Waals surface area contributed by atoms with Crippen molar-refractivity contribution in [2.75, 3.05) is 20.8 Å². The van der Waals surface area contributed by atoms with Crippen molar-refractivity contribution in [3.05, 3.63) is 74.6 Å². The third kappa shape index (κ3) is 4.13. The highest BCUT2D eigenvalue weighted by Gasteiger charge is 2.36. The molecule has 3 heterocycles. The van der Waals surface area contributed by atoms with Crippen LogP contribution in [0.1, 0.15) is 12.5 Å². The molecule has 0 radical (unpaired) electrons. The minimum atomic E-state index is -1.21. The van der Waals surface area contributed by atoms with Gasteiger partial charge in [0.25, 0.3) is 0 Å². The maximum absolute atomic E-state index is 13.4. The van der Waals surface area contributed by atoms with Crippen molar-refractivity contribution in [1.82, 2.24) is 0 Å². The van der Waals surface area contributed by atoms with E-state index < -0.39 is 28.0 Å². The van der Waals surface area contributed by atoms with Crippen LogP contribution in [-0.2, 0) is 0 Å². The molecule has 0 saturated heterocycles. The zero-order chi connectivity index (χ0) is 31.8. The van der Waals surface area contributed by atoms with Gasteiger partial charge in [-0.05, 0) is 37.3 Å². The molecule has 0 fully saturated rings. The predicted octanol–water partition coefficient (Wildman–Crippen LogP) is 5.29. The van der Waals surface area contributed by atoms with Gasteiger partial charge in [-0.1, -0.05) is 6.07 Å². The number of fused-ring (bicyclic) bond motifs is 6. The quantitative estimate of drug-likeness (QED) is 0.189. The first-order chi connectivity index (χ1) is 21.5. The second-order valence-electron chi connectivity index (χ2n) is 10.7. The van der Waals surface area contributed by atoms with Crippen molar-refractivity contribution in [3.63, 3.8) is 0 Å². The van der Waals surface area contributed by atoms with E-state index >= 15 is 0 Å². The van der Waals surface area contributed by atoms with Gasteiger partial charge < -0.3 is 48.2 Å². The topological polar surface area (TPSA) is 178 Å². The van der Waals surface area contributed by atoms with Gasteiger partial charge in [0.2, 0.25) is 22.4 Å². The molecule has 1 unspecified atom stereocenters. The Morgan fingerprint density at radius 2 is 1.51 bits per heavy atom. The molecule has 0 bridgehead atoms. The van der Waals surface area contributed by atoms with Crippen LogP contribution in [0.4, 0.5) is 0 Å². The van der Waals surface area contributed by atoms with Gasteiger partial charge in [0.15, 0.2) is 28.3 Å². The van der Waals surface area contributed by atoms with Gasteiger partial charge in [-0.2, -0.15) is 0 Å². The third-order valence-electron chi connectivity index (χ3n) is 7.73. The lowest BCUT2D eigenvalue weighted by molar-refractivity contribution is 0.0424. The second kappa shape index (κ2) is 9.74. The van der Waals surface area contributed by atoms with E-state index in [4.69, 9.17) is 27.8 Å². The van der Waals surface area contributed by atoms with Gasteiger partial charge in [-0.15, -0.1) is 0 Å². The van der Waals surface area contributed by atoms with Crippen molar-refractivity contribution >= 4 is 50.0 Å². The Morgan fingerprint density at radius 3 is 2.27 bits per heavy atom. The molecule has 0 saturated carbocycles. The Balaban J connectivity index is 1.33. The first-order valence-corrected chi connectivity index (χ1v) is 13.6. The lowest BCUT2D eigenvalue weighted by atomic mass is 10.0. The van der Waals surface area contributed by atoms with Crippen molar-refractivity contribution in [2.24, 2.45) is 0 Å². The average Bonchev–Trinajstić information content (AvgIpc) is 3.00. The fourth-order valence-corrected chi connectivity index (χ4v) is 5.52. The van der Waals surface area contributed by atoms with E-state index in [9.17, 15) is 30.0 Å². The molecule has 45 heavy (non-hydrogen) atoms. The SMILES string of the molecule is COc1cc2c(=O)c3c(O)cc(O)cc3oc2c2c1OC(C)(/C=C/c1c(O)cc3oc4c(OC)cccc4c(=O)c3c1O)CO2. The molecule has 12 nitrogen and oxygen atoms in total. The van der Waals surface area contributed by atoms with Gasteiger partial charge in [0.05, 0.1) is 30.6 Å². The number of hydrogen-bond donors (Lipinski definition) is 4. The lowest BCUT2D eigenvalue weighted by Gasteiger charge is -2.34. The van der Waals surface area contributed by atoms with Crippen LogP contribution in [0.5, 0.6) is 46.0 Å². The molecule has 1 aliphatic rings. The minimum absolute atomic E-state index is 0.0136. The van der Waals surface area contributed by atoms with Crippen LogP contribution in [-0.4, -0.2) is 46.9 Å². The highest BCUT2D eigenvalue weighted by atomic mass is 16.6. The Kier molecular flexibility index (Phi) is 6.01. The summed E-state index contributed by atoms with van der Waals surface area (Å²) in [5.74, 6) is -0.982. The molecule has 6 aromatic rings. The van der Waals surface area contributed by atoms with E-state index in [0.717, 1.165) is 6.07 Å². The summed E-state index contributed by atoms with van der Waals surface area (Å²) in [4.78, 5) is 26.7. The Bertz CT molecular complexity index is 2380. The minimum Gasteiger partial charge on any atom is -0.508 e. The first-order valence-electron chi connectivity index (χ1n) is 13.6. The molecule has 12 heteroatoms. The summed E-state index contributed by atoms with van der Waals surface area (Å²) in [6, 6.07) is 9.66. The summed E-state index contributed by atoms with van der Waals surface area (Å²) < 4.78 is 34.9. The monoisotopic (exact) mass is 612 g/mol. The molecule has 0 aliphatic carbocycles. The Hall–Kier alpha value is -6.04. The number of aromatic hydroxyl groups is 4. The smallest absolute Gasteiger partial charge is 0.209 e. The molecule has 0 amide bonds. The van der Waals surface area contributed by atoms with Gasteiger partial charge in [0, 0.05) is 18.2 Å². The number of ether oxygens (including phenoxy) is 4. The normalized spacial score (nSPS) is 16.2. The lowest BCUT2D eigenvalue weighted by Crippen LogP contribution is -2.40. The largest absolute Gasteiger partial charge is 0.508 e. The zero-order valence-electron chi connectivity index (χ0n) is 24.0. The first kappa shape index (κ1) is 27.8. The van der Waals surface area contributed by atoms with Crippen LogP contribution in [0, 0.1) is 0 Å². The second-order valence-corrected chi connectivity index (χ2v) is 10.7. The molecule has 2 aromatic heterocycles. The standard InChI is InChI=1S/C33H24O12/c1-33(8-7-15-18(35)12-22-25(26(15)37)27(38)16-5-4-6-20(40-2)29(16)43-22)13-42-32-30-17(11-23(41-3)31(32)45-33)28(39)24-19(36)9-14(34)10-21(24)44-30/h4-12,34-37H,13H2,1-3H3/b8-7+. The van der Waals surface area contributed by atoms with E-state index in [1.165, 1.54) is 44.6 Å². The van der Waals surface area contributed by atoms with E-state index in [-0.39, 0.29) is 84.8 Å². The molecule has 4 aromatic carbocycles. The van der Waals surface area contributed by atoms with Crippen molar-refractivity contribution in [2.45, 2.75) is 12.5 Å². The molecular weight excluding hydrogens is 588 g/mol. The Labute approximate surface area is 252 Å². The number of phenols is 4. The van der Waals surface area contributed by atoms with Crippen LogP contribution in [0.3, 0.4) is 0 Å². The molecule has 1 atom stereocenters. The zero-order valence-corrected chi connectivity index (χ0v) is 24.0. The van der Waals surface area contributed by atoms with Gasteiger partial charge in [0.1, 0.15) is 51.5 Å². The summed E-state index contributed by atoms with van der Waals surface area (Å²) in [5, 5.41) is 42.2. The molecule has 4 N–H and O–H groups in total. The van der Waals surface area contributed by atoms with Gasteiger partial charge >= 0.3 is 0 Å². The van der Waals surface area contributed by atoms with Crippen LogP contribution < -0.4 is 29.8 Å². The highest BCUT2D eigenvalue weighted by molar-refractivity contribution is 5.99. The Morgan fingerprint density at radius 1 is 0.800 bits per heavy atom. The van der Waals surface area contributed by atoms with Crippen molar-refractivity contribution < 1.29 is 48.2 Å². The number of benzene rings is 4. The fraction of sp³-hybridized carbons (Fsp3) is 0.152. The molecule has 228 valence electrons. The molecule has 7 rings (SSSR count). The average molecular weight is 613 g/mol. The maximum atomic E-state index is 13.4. The van der Waals surface area contributed by atoms with Crippen LogP contribution >= 0.6 is 0 Å². The van der Waals surface area contributed by atoms with Crippen LogP contribution in [0.15, 0.2) is 67.0 Å². The van der Waals surface area contributed by atoms with E-state index in [1.807, 2.05) is 0 Å². The van der Waals surface area contributed by atoms with Gasteiger partial charge in [-0.3, -0.25) is 9.59 Å². The summed E-state index contributed by atoms with van der Waals surface area (Å²) in [6.07, 6.45) is 2.92. The molecule has 1 aliphatic heterocycles. The summed E-state index contributed by atoms with van der Waals surface area (Å²) in [6.45, 7) is 1.56. The molecule has 0 spiro atoms. The summed E-state index contributed by atoms with van der Waals surface area (Å²) in [7, 11) is 2.81. The van der Waals surface area contributed by atoms with Crippen LogP contribution in [0.25, 0.3) is 50.0 Å². The summed E-state index contributed by atoms with van der Waals surface area (Å²) >= 11 is 0. The highest BCUT2D eigenvalue weighted by Crippen LogP contribution is 2.49. The predicted molar refractivity (Wildman–Crippen MR) is 163 cm³/mol. The van der Waals surface area contributed by atoms with E-state index in [2.05, 4.69) is 0 Å². The third-order valence-corrected chi connectivity index (χ3v) is 7.73. The number of phenolic OH excluding ortho intramolecular Hbond substituents is 4. The van der Waals surface area contributed by atoms with Gasteiger partial charge in [-0.25, -0.2) is 0 Å². The molecular formula is C33H24O12. The van der Waals surface area contributed by atoms with E-state index in [0.29, 0.717) is 5.75 Å². The van der Waals surface area contributed by atoms with Crippen LogP contribution in [0.2, 0.25) is 0 Å². The van der Waals surface area contributed by atoms with E-state index in [1.54, 1.807) is 25.1 Å². The van der Waals surface area contributed by atoms with Crippen molar-refractivity contribution in [3.8, 4) is 46.0 Å². The number of para-hydroxylation sites is 1. The van der Waals surface area contributed by atoms with Crippen molar-refractivity contribution in [1.29, 1.82) is 0 Å². The fourth-order valence-electron chi connectivity index (χ4n) is 5.52. The number of hydrogen-bond acceptors (Lipinski definition) is 12. The maximum Gasteiger partial charge on any atom is 0.209 e. The number of methoxy groups -OCH3 is 2. The summed E-state index contributed by atoms with van der Waals surface area (Å²) in [5.41, 5.74) is -2.26. The number of rotatable bonds is 4.